The van der Waals surface area contributed by atoms with Crippen molar-refractivity contribution in [1.29, 1.82) is 0 Å². The minimum atomic E-state index is -0.0872. The zero-order chi connectivity index (χ0) is 20.1. The Balaban J connectivity index is 1.53. The number of halogens is 1. The molecule has 0 atom stereocenters. The predicted molar refractivity (Wildman–Crippen MR) is 115 cm³/mol. The Labute approximate surface area is 176 Å². The summed E-state index contributed by atoms with van der Waals surface area (Å²) in [7, 11) is 1.87. The topological polar surface area (TPSA) is 69.0 Å². The highest BCUT2D eigenvalue weighted by Gasteiger charge is 2.13. The van der Waals surface area contributed by atoms with Crippen LogP contribution in [0.5, 0.6) is 5.75 Å². The van der Waals surface area contributed by atoms with Gasteiger partial charge in [0, 0.05) is 17.2 Å². The Kier molecular flexibility index (Phi) is 6.74. The van der Waals surface area contributed by atoms with E-state index in [9.17, 15) is 4.79 Å². The Morgan fingerprint density at radius 1 is 1.18 bits per heavy atom. The van der Waals surface area contributed by atoms with Gasteiger partial charge in [-0.2, -0.15) is 0 Å². The summed E-state index contributed by atoms with van der Waals surface area (Å²) in [4.78, 5) is 12.3. The summed E-state index contributed by atoms with van der Waals surface area (Å²) < 4.78 is 8.58. The van der Waals surface area contributed by atoms with Crippen LogP contribution in [0.3, 0.4) is 0 Å². The number of carbonyl (C=O) groups is 1. The van der Waals surface area contributed by atoms with Crippen LogP contribution in [-0.2, 0) is 18.4 Å². The number of ether oxygens (including phenoxy) is 1. The molecule has 0 aliphatic rings. The first-order valence-electron chi connectivity index (χ1n) is 8.69. The average Bonchev–Trinajstić information content (AvgIpc) is 3.02. The molecular formula is C20H21BrN4O2S. The van der Waals surface area contributed by atoms with Crippen molar-refractivity contribution in [3.8, 4) is 5.75 Å². The van der Waals surface area contributed by atoms with Gasteiger partial charge in [-0.3, -0.25) is 4.79 Å². The normalized spacial score (nSPS) is 10.7. The van der Waals surface area contributed by atoms with Gasteiger partial charge >= 0.3 is 0 Å². The quantitative estimate of drug-likeness (QED) is 0.525. The van der Waals surface area contributed by atoms with Crippen LogP contribution in [0, 0.1) is 13.8 Å². The molecule has 3 aromatic rings. The number of aryl methyl sites for hydroxylation is 2. The van der Waals surface area contributed by atoms with E-state index in [4.69, 9.17) is 4.74 Å². The third-order valence-electron chi connectivity index (χ3n) is 4.11. The van der Waals surface area contributed by atoms with E-state index in [1.807, 2.05) is 67.9 Å². The number of hydrogen-bond donors (Lipinski definition) is 1. The second-order valence-electron chi connectivity index (χ2n) is 6.36. The number of benzene rings is 2. The molecule has 6 nitrogen and oxygen atoms in total. The fourth-order valence-corrected chi connectivity index (χ4v) is 3.67. The van der Waals surface area contributed by atoms with Gasteiger partial charge in [0.05, 0.1) is 5.75 Å². The highest BCUT2D eigenvalue weighted by Crippen LogP contribution is 2.21. The molecule has 0 aliphatic carbocycles. The number of hydrogen-bond acceptors (Lipinski definition) is 5. The number of amides is 1. The van der Waals surface area contributed by atoms with Gasteiger partial charge in [0.1, 0.15) is 12.4 Å². The summed E-state index contributed by atoms with van der Waals surface area (Å²) in [5, 5.41) is 11.9. The smallest absolute Gasteiger partial charge is 0.234 e. The molecule has 1 amide bonds. The van der Waals surface area contributed by atoms with Crippen LogP contribution in [0.4, 0.5) is 5.69 Å². The number of aromatic nitrogens is 3. The van der Waals surface area contributed by atoms with Crippen LogP contribution in [0.2, 0.25) is 0 Å². The first-order valence-corrected chi connectivity index (χ1v) is 10.5. The molecular weight excluding hydrogens is 440 g/mol. The van der Waals surface area contributed by atoms with E-state index in [1.54, 1.807) is 0 Å². The van der Waals surface area contributed by atoms with Gasteiger partial charge in [0.25, 0.3) is 0 Å². The molecule has 0 saturated carbocycles. The SMILES string of the molecule is Cc1ccc(OCc2nnc(SCC(=O)Nc3ccc(Br)cc3C)n2C)cc1. The van der Waals surface area contributed by atoms with Crippen molar-refractivity contribution in [2.45, 2.75) is 25.6 Å². The first-order chi connectivity index (χ1) is 13.4. The lowest BCUT2D eigenvalue weighted by Gasteiger charge is -2.09. The molecule has 0 aliphatic heterocycles. The van der Waals surface area contributed by atoms with Crippen LogP contribution in [0.25, 0.3) is 0 Å². The van der Waals surface area contributed by atoms with Gasteiger partial charge < -0.3 is 14.6 Å². The van der Waals surface area contributed by atoms with Crippen LogP contribution >= 0.6 is 27.7 Å². The molecule has 1 heterocycles. The van der Waals surface area contributed by atoms with E-state index in [0.29, 0.717) is 17.6 Å². The lowest BCUT2D eigenvalue weighted by Crippen LogP contribution is -2.15. The summed E-state index contributed by atoms with van der Waals surface area (Å²) >= 11 is 4.76. The molecule has 146 valence electrons. The van der Waals surface area contributed by atoms with Gasteiger partial charge in [-0.1, -0.05) is 45.4 Å². The summed E-state index contributed by atoms with van der Waals surface area (Å²) in [6.07, 6.45) is 0. The van der Waals surface area contributed by atoms with Crippen molar-refractivity contribution < 1.29 is 9.53 Å². The van der Waals surface area contributed by atoms with Gasteiger partial charge in [-0.25, -0.2) is 0 Å². The highest BCUT2D eigenvalue weighted by molar-refractivity contribution is 9.10. The molecule has 0 saturated heterocycles. The molecule has 1 N–H and O–H groups in total. The number of rotatable bonds is 7. The van der Waals surface area contributed by atoms with E-state index in [-0.39, 0.29) is 11.7 Å². The maximum Gasteiger partial charge on any atom is 0.234 e. The molecule has 2 aromatic carbocycles. The van der Waals surface area contributed by atoms with Crippen LogP contribution in [0.1, 0.15) is 17.0 Å². The number of anilines is 1. The van der Waals surface area contributed by atoms with Crippen molar-refractivity contribution in [2.75, 3.05) is 11.1 Å². The molecule has 0 bridgehead atoms. The predicted octanol–water partition coefficient (Wildman–Crippen LogP) is 4.50. The minimum absolute atomic E-state index is 0.0872. The molecule has 1 aromatic heterocycles. The van der Waals surface area contributed by atoms with E-state index < -0.39 is 0 Å². The Hall–Kier alpha value is -2.32. The van der Waals surface area contributed by atoms with Gasteiger partial charge in [-0.05, 0) is 49.7 Å². The summed E-state index contributed by atoms with van der Waals surface area (Å²) in [6, 6.07) is 13.6. The van der Waals surface area contributed by atoms with Crippen molar-refractivity contribution >= 4 is 39.3 Å². The molecule has 0 unspecified atom stereocenters. The summed E-state index contributed by atoms with van der Waals surface area (Å²) in [5.74, 6) is 1.65. The minimum Gasteiger partial charge on any atom is -0.486 e. The summed E-state index contributed by atoms with van der Waals surface area (Å²) in [6.45, 7) is 4.30. The maximum atomic E-state index is 12.3. The van der Waals surface area contributed by atoms with Crippen LogP contribution < -0.4 is 10.1 Å². The van der Waals surface area contributed by atoms with Crippen molar-refractivity contribution in [2.24, 2.45) is 7.05 Å². The van der Waals surface area contributed by atoms with E-state index in [0.717, 1.165) is 21.5 Å². The molecule has 0 spiro atoms. The van der Waals surface area contributed by atoms with Crippen LogP contribution in [0.15, 0.2) is 52.1 Å². The van der Waals surface area contributed by atoms with Crippen molar-refractivity contribution in [1.82, 2.24) is 14.8 Å². The third-order valence-corrected chi connectivity index (χ3v) is 5.62. The lowest BCUT2D eigenvalue weighted by molar-refractivity contribution is -0.113. The van der Waals surface area contributed by atoms with Crippen LogP contribution in [-0.4, -0.2) is 26.4 Å². The Morgan fingerprint density at radius 3 is 2.64 bits per heavy atom. The molecule has 28 heavy (non-hydrogen) atoms. The third kappa shape index (κ3) is 5.36. The van der Waals surface area contributed by atoms with Crippen molar-refractivity contribution in [3.63, 3.8) is 0 Å². The standard InChI is InChI=1S/C20H21BrN4O2S/c1-13-4-7-16(8-5-13)27-11-18-23-24-20(25(18)3)28-12-19(26)22-17-9-6-15(21)10-14(17)2/h4-10H,11-12H2,1-3H3,(H,22,26). The zero-order valence-electron chi connectivity index (χ0n) is 15.9. The number of carbonyl (C=O) groups excluding carboxylic acids is 1. The lowest BCUT2D eigenvalue weighted by atomic mass is 10.2. The average molecular weight is 461 g/mol. The number of thioether (sulfide) groups is 1. The van der Waals surface area contributed by atoms with Gasteiger partial charge in [0.2, 0.25) is 5.91 Å². The maximum absolute atomic E-state index is 12.3. The van der Waals surface area contributed by atoms with Crippen molar-refractivity contribution in [3.05, 3.63) is 63.9 Å². The Morgan fingerprint density at radius 2 is 1.93 bits per heavy atom. The van der Waals surface area contributed by atoms with E-state index >= 15 is 0 Å². The first kappa shape index (κ1) is 20.4. The fourth-order valence-electron chi connectivity index (χ4n) is 2.46. The molecule has 3 rings (SSSR count). The Bertz CT molecular complexity index is 973. The van der Waals surface area contributed by atoms with Gasteiger partial charge in [-0.15, -0.1) is 10.2 Å². The largest absolute Gasteiger partial charge is 0.486 e. The number of nitrogens with one attached hydrogen (secondary N) is 1. The number of nitrogens with zero attached hydrogens (tertiary/aromatic N) is 3. The highest BCUT2D eigenvalue weighted by atomic mass is 79.9. The monoisotopic (exact) mass is 460 g/mol. The molecule has 0 radical (unpaired) electrons. The molecule has 0 fully saturated rings. The molecule has 8 heteroatoms. The second kappa shape index (κ2) is 9.25. The van der Waals surface area contributed by atoms with Gasteiger partial charge in [0.15, 0.2) is 11.0 Å². The fraction of sp³-hybridized carbons (Fsp3) is 0.250. The van der Waals surface area contributed by atoms with E-state index in [1.165, 1.54) is 17.3 Å². The second-order valence-corrected chi connectivity index (χ2v) is 8.21. The zero-order valence-corrected chi connectivity index (χ0v) is 18.3. The summed E-state index contributed by atoms with van der Waals surface area (Å²) in [5.41, 5.74) is 2.99. The van der Waals surface area contributed by atoms with E-state index in [2.05, 4.69) is 31.4 Å².